The van der Waals surface area contributed by atoms with Crippen molar-refractivity contribution in [3.05, 3.63) is 243 Å². The van der Waals surface area contributed by atoms with Crippen molar-refractivity contribution in [1.82, 2.24) is 60.0 Å². The monoisotopic (exact) mass is 1550 g/mol. The molecule has 0 radical (unpaired) electrons. The molecule has 550 valence electrons. The molecule has 2 N–H and O–H groups in total. The Labute approximate surface area is 637 Å². The lowest BCUT2D eigenvalue weighted by Gasteiger charge is -2.38. The molecule has 0 aliphatic carbocycles. The highest BCUT2D eigenvalue weighted by Gasteiger charge is 2.38. The summed E-state index contributed by atoms with van der Waals surface area (Å²) in [6, 6.07) is 35.2. The second-order valence-corrected chi connectivity index (χ2v) is 29.9. The molecule has 0 saturated carbocycles. The zero-order valence-corrected chi connectivity index (χ0v) is 62.7. The summed E-state index contributed by atoms with van der Waals surface area (Å²) >= 11 is 38.1. The molecular weight excluding hydrogens is 1470 g/mol. The lowest BCUT2D eigenvalue weighted by atomic mass is 9.91. The number of hydrazine groups is 2. The molecule has 0 spiro atoms. The van der Waals surface area contributed by atoms with Crippen LogP contribution < -0.4 is 10.9 Å². The molecule has 9 aromatic rings. The second-order valence-electron chi connectivity index (χ2n) is 27.3. The number of benzene rings is 6. The minimum absolute atomic E-state index is 0.0620. The minimum Gasteiger partial charge on any atom is -0.376 e. The van der Waals surface area contributed by atoms with Crippen LogP contribution in [0.2, 0.25) is 30.1 Å². The first-order valence-corrected chi connectivity index (χ1v) is 37.5. The van der Waals surface area contributed by atoms with Gasteiger partial charge in [0.1, 0.15) is 17.5 Å². The molecule has 27 heteroatoms. The Morgan fingerprint density at radius 2 is 0.933 bits per heavy atom. The molecule has 3 saturated heterocycles. The first-order valence-electron chi connectivity index (χ1n) is 35.2. The van der Waals surface area contributed by atoms with Crippen molar-refractivity contribution in [2.75, 3.05) is 66.1 Å². The van der Waals surface area contributed by atoms with E-state index in [-0.39, 0.29) is 78.0 Å². The number of rotatable bonds is 13. The van der Waals surface area contributed by atoms with Crippen molar-refractivity contribution in [3.8, 4) is 17.1 Å². The maximum atomic E-state index is 13.6. The van der Waals surface area contributed by atoms with Crippen molar-refractivity contribution < 1.29 is 41.8 Å². The quantitative estimate of drug-likeness (QED) is 0.112. The van der Waals surface area contributed by atoms with E-state index in [2.05, 4.69) is 36.6 Å². The topological polar surface area (TPSA) is 169 Å². The zero-order valence-electron chi connectivity index (χ0n) is 58.2. The van der Waals surface area contributed by atoms with Gasteiger partial charge in [0.15, 0.2) is 17.1 Å². The maximum Gasteiger partial charge on any atom is 0.286 e. The normalized spacial score (nSPS) is 19.6. The van der Waals surface area contributed by atoms with E-state index in [1.165, 1.54) is 36.4 Å². The predicted molar refractivity (Wildman–Crippen MR) is 403 cm³/mol. The van der Waals surface area contributed by atoms with E-state index >= 15 is 0 Å². The molecule has 0 bridgehead atoms. The number of amides is 3. The van der Waals surface area contributed by atoms with Gasteiger partial charge in [-0.1, -0.05) is 125 Å². The van der Waals surface area contributed by atoms with Gasteiger partial charge in [0.05, 0.1) is 88.9 Å². The number of hydrogen-bond donors (Lipinski definition) is 2. The third-order valence-corrected chi connectivity index (χ3v) is 21.5. The van der Waals surface area contributed by atoms with E-state index in [4.69, 9.17) is 99.1 Å². The number of likely N-dealkylation sites (N-methyl/N-ethyl adjacent to an activating group) is 1. The summed E-state index contributed by atoms with van der Waals surface area (Å²) in [4.78, 5) is 44.7. The Morgan fingerprint density at radius 1 is 0.495 bits per heavy atom. The van der Waals surface area contributed by atoms with Gasteiger partial charge in [0.25, 0.3) is 17.7 Å². The number of piperidine rings is 1. The predicted octanol–water partition coefficient (Wildman–Crippen LogP) is 16.6. The second kappa shape index (κ2) is 34.1. The van der Waals surface area contributed by atoms with Crippen molar-refractivity contribution >= 4 is 99.0 Å². The lowest BCUT2D eigenvalue weighted by molar-refractivity contribution is 0.0363. The van der Waals surface area contributed by atoms with Crippen LogP contribution in [0.5, 0.6) is 0 Å². The highest BCUT2D eigenvalue weighted by Crippen LogP contribution is 2.40. The van der Waals surface area contributed by atoms with Crippen LogP contribution in [-0.4, -0.2) is 145 Å². The first-order chi connectivity index (χ1) is 50.7. The minimum atomic E-state index is -0.309. The van der Waals surface area contributed by atoms with Gasteiger partial charge in [0.2, 0.25) is 0 Å². The molecule has 4 unspecified atom stereocenters. The van der Waals surface area contributed by atoms with E-state index in [0.717, 1.165) is 135 Å². The number of nitrogens with one attached hydrogen (secondary N) is 2. The number of aromatic nitrogens is 6. The lowest BCUT2D eigenvalue weighted by Crippen LogP contribution is -2.54. The summed E-state index contributed by atoms with van der Waals surface area (Å²) in [5, 5.41) is 21.1. The highest BCUT2D eigenvalue weighted by molar-refractivity contribution is 6.37. The van der Waals surface area contributed by atoms with Crippen LogP contribution in [0.4, 0.5) is 13.2 Å². The van der Waals surface area contributed by atoms with Gasteiger partial charge in [-0.2, -0.15) is 15.3 Å². The molecule has 6 aliphatic rings. The summed E-state index contributed by atoms with van der Waals surface area (Å²) in [7, 11) is 2.06. The van der Waals surface area contributed by atoms with Gasteiger partial charge >= 0.3 is 0 Å². The number of halogens is 9. The Kier molecular flexibility index (Phi) is 24.6. The van der Waals surface area contributed by atoms with Crippen LogP contribution in [0, 0.1) is 17.5 Å². The molecule has 15 rings (SSSR count). The van der Waals surface area contributed by atoms with E-state index < -0.39 is 0 Å². The fourth-order valence-electron chi connectivity index (χ4n) is 14.4. The highest BCUT2D eigenvalue weighted by atomic mass is 35.5. The summed E-state index contributed by atoms with van der Waals surface area (Å²) in [6.07, 6.45) is 10.6. The molecular formula is C78H79Cl6F3N12O6. The fraction of sp³-hybridized carbons (Fsp3) is 0.359. The molecule has 3 amide bonds. The van der Waals surface area contributed by atoms with Crippen LogP contribution in [0.15, 0.2) is 127 Å². The average Bonchev–Trinajstić information content (AvgIpc) is 1.63. The molecule has 6 aliphatic heterocycles. The first kappa shape index (κ1) is 75.6. The van der Waals surface area contributed by atoms with E-state index in [0.29, 0.717) is 103 Å². The van der Waals surface area contributed by atoms with Gasteiger partial charge in [-0.05, 0) is 173 Å². The largest absolute Gasteiger partial charge is 0.376 e. The van der Waals surface area contributed by atoms with Gasteiger partial charge < -0.3 is 24.0 Å². The molecule has 3 aromatic heterocycles. The summed E-state index contributed by atoms with van der Waals surface area (Å²) < 4.78 is 63.4. The van der Waals surface area contributed by atoms with Crippen molar-refractivity contribution in [3.63, 3.8) is 0 Å². The van der Waals surface area contributed by atoms with Crippen LogP contribution in [-0.2, 0) is 46.9 Å². The SMILES string of the molecule is CC1CCCC(C)N1NC(=O)c1nn(-c2ccc(Cl)cc2Cl)c2c1COC/C2=C\c1ccc(F)cc1.CN1CCN(NC(=O)c2nn(-c3ccc(Cl)cc3Cl)c3c2COCC3Cc2ccc(F)cc2)CC1.O=C(c1nn(-c2ccc(Cl)cc2Cl)c2c1COCC2Cc1ccc(F)cc1)N1CCCCCC1. The van der Waals surface area contributed by atoms with E-state index in [9.17, 15) is 27.6 Å². The van der Waals surface area contributed by atoms with Gasteiger partial charge in [-0.15, -0.1) is 0 Å². The average molecular weight is 1550 g/mol. The third-order valence-electron chi connectivity index (χ3n) is 19.9. The van der Waals surface area contributed by atoms with Crippen molar-refractivity contribution in [1.29, 1.82) is 0 Å². The van der Waals surface area contributed by atoms with Gasteiger partial charge in [0, 0.05) is 101 Å². The molecule has 18 nitrogen and oxygen atoms in total. The van der Waals surface area contributed by atoms with E-state index in [1.54, 1.807) is 99.0 Å². The van der Waals surface area contributed by atoms with Gasteiger partial charge in [-0.3, -0.25) is 25.2 Å². The Hall–Kier alpha value is -7.61. The number of ether oxygens (including phenoxy) is 3. The molecule has 9 heterocycles. The van der Waals surface area contributed by atoms with Crippen LogP contribution in [0.25, 0.3) is 28.7 Å². The molecule has 3 fully saturated rings. The van der Waals surface area contributed by atoms with Gasteiger partial charge in [-0.25, -0.2) is 37.2 Å². The number of hydrogen-bond acceptors (Lipinski definition) is 12. The summed E-state index contributed by atoms with van der Waals surface area (Å²) in [5.41, 5.74) is 17.3. The Bertz CT molecular complexity index is 4650. The zero-order chi connectivity index (χ0) is 73.6. The third kappa shape index (κ3) is 17.7. The molecule has 4 atom stereocenters. The number of nitrogens with zero attached hydrogens (tertiary/aromatic N) is 10. The maximum absolute atomic E-state index is 13.6. The summed E-state index contributed by atoms with van der Waals surface area (Å²) in [5.74, 6) is -1.66. The van der Waals surface area contributed by atoms with Crippen molar-refractivity contribution in [2.24, 2.45) is 0 Å². The summed E-state index contributed by atoms with van der Waals surface area (Å²) in [6.45, 7) is 11.0. The smallest absolute Gasteiger partial charge is 0.286 e. The van der Waals surface area contributed by atoms with Crippen LogP contribution in [0.1, 0.15) is 153 Å². The molecule has 105 heavy (non-hydrogen) atoms. The standard InChI is InChI=1S/C27H27Cl2FN4O2.C26H26Cl2FN3O2.C25H26Cl2FN5O2/c1-16-4-3-5-17(2)33(16)32-27(35)25-22-15-36-14-19(12-18-6-9-21(30)10-7-18)26(22)34(31-25)24-11-8-20(28)13-23(24)29;27-19-7-10-23(22(28)14-19)32-25-18(13-17-5-8-20(29)9-6-17)15-34-16-21(25)24(30-32)26(33)31-11-3-1-2-4-12-31;1-31-8-10-32(11-9-31)30-25(34)23-20-15-35-14-17(12-16-2-5-19(28)6-3-16)24(20)33(29-23)22-7-4-18(26)13-21(22)27/h6-13,16-17H,3-5,14-15H2,1-2H3,(H,32,35);5-10,14,18H,1-4,11-13,15-16H2;2-7,13,17H,8-12,14-15H2,1H3,(H,30,34)/b19-12+;;. The Morgan fingerprint density at radius 3 is 1.44 bits per heavy atom. The Balaban J connectivity index is 0.000000140. The number of carbonyl (C=O) groups excluding carboxylic acids is 3. The van der Waals surface area contributed by atoms with Crippen LogP contribution in [0.3, 0.4) is 0 Å². The number of likely N-dealkylation sites (tertiary alicyclic amines) is 1. The number of piperazine rings is 1. The number of fused-ring (bicyclic) bond motifs is 3. The van der Waals surface area contributed by atoms with Crippen LogP contribution >= 0.6 is 69.6 Å². The van der Waals surface area contributed by atoms with Crippen molar-refractivity contribution in [2.45, 2.75) is 115 Å². The molecule has 6 aromatic carbocycles. The number of carbonyl (C=O) groups is 3. The van der Waals surface area contributed by atoms with E-state index in [1.807, 2.05) is 27.1 Å². The fourth-order valence-corrected chi connectivity index (χ4v) is 15.9.